The van der Waals surface area contributed by atoms with Crippen LogP contribution in [-0.2, 0) is 6.54 Å². The average molecular weight is 260 g/mol. The molecule has 0 aliphatic rings. The lowest BCUT2D eigenvalue weighted by molar-refractivity contribution is 0.373. The van der Waals surface area contributed by atoms with E-state index in [1.54, 1.807) is 31.5 Å². The largest absolute Gasteiger partial charge is 0.504 e. The lowest BCUT2D eigenvalue weighted by atomic mass is 10.2. The molecular weight excluding hydrogens is 244 g/mol. The molecule has 0 spiro atoms. The van der Waals surface area contributed by atoms with E-state index in [9.17, 15) is 5.11 Å². The van der Waals surface area contributed by atoms with Crippen LogP contribution < -0.4 is 14.8 Å². The normalized spacial score (nSPS) is 10.0. The number of phenols is 1. The Labute approximate surface area is 111 Å². The number of hydrogen-bond donors (Lipinski definition) is 2. The quantitative estimate of drug-likeness (QED) is 0.864. The second kappa shape index (κ2) is 5.95. The maximum atomic E-state index is 9.68. The third-order valence-corrected chi connectivity index (χ3v) is 2.69. The summed E-state index contributed by atoms with van der Waals surface area (Å²) in [5, 5.41) is 12.9. The van der Waals surface area contributed by atoms with Crippen molar-refractivity contribution in [1.82, 2.24) is 4.98 Å². The first kappa shape index (κ1) is 13.0. The molecule has 0 amide bonds. The van der Waals surface area contributed by atoms with Crippen LogP contribution in [0, 0.1) is 0 Å². The summed E-state index contributed by atoms with van der Waals surface area (Å²) < 4.78 is 9.98. The van der Waals surface area contributed by atoms with E-state index in [1.807, 2.05) is 12.1 Å². The fourth-order valence-electron chi connectivity index (χ4n) is 1.66. The van der Waals surface area contributed by atoms with Gasteiger partial charge in [0.05, 0.1) is 26.1 Å². The highest BCUT2D eigenvalue weighted by Gasteiger charge is 2.02. The first-order valence-electron chi connectivity index (χ1n) is 5.82. The van der Waals surface area contributed by atoms with Crippen LogP contribution >= 0.6 is 0 Å². The standard InChI is InChI=1S/C14H16N2O3/c1-18-13-5-3-10(7-12(13)17)8-15-11-4-6-14(19-2)16-9-11/h3-7,9,15,17H,8H2,1-2H3. The van der Waals surface area contributed by atoms with Crippen LogP contribution in [0.15, 0.2) is 36.5 Å². The van der Waals surface area contributed by atoms with Crippen LogP contribution in [0.3, 0.4) is 0 Å². The van der Waals surface area contributed by atoms with E-state index in [2.05, 4.69) is 10.3 Å². The van der Waals surface area contributed by atoms with Gasteiger partial charge in [-0.25, -0.2) is 4.98 Å². The first-order valence-corrected chi connectivity index (χ1v) is 5.82. The molecule has 0 saturated heterocycles. The van der Waals surface area contributed by atoms with Crippen molar-refractivity contribution in [1.29, 1.82) is 0 Å². The molecule has 0 aliphatic carbocycles. The van der Waals surface area contributed by atoms with Crippen LogP contribution in [0.25, 0.3) is 0 Å². The molecule has 5 heteroatoms. The lowest BCUT2D eigenvalue weighted by Gasteiger charge is -2.09. The monoisotopic (exact) mass is 260 g/mol. The van der Waals surface area contributed by atoms with Crippen molar-refractivity contribution in [2.45, 2.75) is 6.54 Å². The summed E-state index contributed by atoms with van der Waals surface area (Å²) in [6.45, 7) is 0.589. The molecule has 1 aromatic carbocycles. The maximum absolute atomic E-state index is 9.68. The fourth-order valence-corrected chi connectivity index (χ4v) is 1.66. The number of nitrogens with one attached hydrogen (secondary N) is 1. The molecule has 1 heterocycles. The molecule has 1 aromatic heterocycles. The number of anilines is 1. The molecule has 0 aliphatic heterocycles. The van der Waals surface area contributed by atoms with Crippen molar-refractivity contribution in [2.75, 3.05) is 19.5 Å². The van der Waals surface area contributed by atoms with Crippen molar-refractivity contribution in [3.63, 3.8) is 0 Å². The van der Waals surface area contributed by atoms with Crippen molar-refractivity contribution in [2.24, 2.45) is 0 Å². The number of benzene rings is 1. The molecular formula is C14H16N2O3. The molecule has 2 aromatic rings. The van der Waals surface area contributed by atoms with Gasteiger partial charge in [0, 0.05) is 12.6 Å². The maximum Gasteiger partial charge on any atom is 0.213 e. The van der Waals surface area contributed by atoms with Gasteiger partial charge in [-0.2, -0.15) is 0 Å². The molecule has 0 unspecified atom stereocenters. The number of pyridine rings is 1. The minimum absolute atomic E-state index is 0.134. The Hall–Kier alpha value is -2.43. The van der Waals surface area contributed by atoms with E-state index in [0.29, 0.717) is 18.2 Å². The molecule has 2 N–H and O–H groups in total. The predicted molar refractivity (Wildman–Crippen MR) is 72.8 cm³/mol. The number of phenolic OH excluding ortho intramolecular Hbond substituents is 1. The molecule has 0 radical (unpaired) electrons. The third-order valence-electron chi connectivity index (χ3n) is 2.69. The van der Waals surface area contributed by atoms with Crippen LogP contribution in [-0.4, -0.2) is 24.3 Å². The molecule has 100 valence electrons. The Morgan fingerprint density at radius 1 is 1.16 bits per heavy atom. The van der Waals surface area contributed by atoms with E-state index in [0.717, 1.165) is 11.3 Å². The molecule has 19 heavy (non-hydrogen) atoms. The molecule has 0 fully saturated rings. The van der Waals surface area contributed by atoms with Crippen molar-refractivity contribution in [3.05, 3.63) is 42.1 Å². The van der Waals surface area contributed by atoms with Gasteiger partial charge in [0.1, 0.15) is 0 Å². The average Bonchev–Trinajstić information content (AvgIpc) is 2.46. The summed E-state index contributed by atoms with van der Waals surface area (Å²) in [4.78, 5) is 4.10. The van der Waals surface area contributed by atoms with Crippen molar-refractivity contribution < 1.29 is 14.6 Å². The predicted octanol–water partition coefficient (Wildman–Crippen LogP) is 2.42. The zero-order valence-electron chi connectivity index (χ0n) is 10.9. The zero-order valence-corrected chi connectivity index (χ0v) is 10.9. The highest BCUT2D eigenvalue weighted by Crippen LogP contribution is 2.26. The van der Waals surface area contributed by atoms with Gasteiger partial charge in [-0.15, -0.1) is 0 Å². The third kappa shape index (κ3) is 3.28. The summed E-state index contributed by atoms with van der Waals surface area (Å²) in [6.07, 6.45) is 1.70. The van der Waals surface area contributed by atoms with Crippen molar-refractivity contribution >= 4 is 5.69 Å². The Balaban J connectivity index is 1.99. The fraction of sp³-hybridized carbons (Fsp3) is 0.214. The lowest BCUT2D eigenvalue weighted by Crippen LogP contribution is -2.00. The number of methoxy groups -OCH3 is 2. The second-order valence-corrected chi connectivity index (χ2v) is 3.95. The van der Waals surface area contributed by atoms with E-state index in [4.69, 9.17) is 9.47 Å². The summed E-state index contributed by atoms with van der Waals surface area (Å²) in [5.74, 6) is 1.18. The van der Waals surface area contributed by atoms with Crippen LogP contribution in [0.2, 0.25) is 0 Å². The summed E-state index contributed by atoms with van der Waals surface area (Å²) in [7, 11) is 3.10. The summed E-state index contributed by atoms with van der Waals surface area (Å²) >= 11 is 0. The first-order chi connectivity index (χ1) is 9.22. The molecule has 0 atom stereocenters. The Morgan fingerprint density at radius 2 is 2.00 bits per heavy atom. The number of ether oxygens (including phenoxy) is 2. The van der Waals surface area contributed by atoms with Gasteiger partial charge < -0.3 is 19.9 Å². The number of nitrogens with zero attached hydrogens (tertiary/aromatic N) is 1. The Kier molecular flexibility index (Phi) is 4.07. The Bertz CT molecular complexity index is 541. The van der Waals surface area contributed by atoms with E-state index >= 15 is 0 Å². The van der Waals surface area contributed by atoms with E-state index < -0.39 is 0 Å². The van der Waals surface area contributed by atoms with Gasteiger partial charge in [0.25, 0.3) is 0 Å². The summed E-state index contributed by atoms with van der Waals surface area (Å²) in [6, 6.07) is 8.97. The van der Waals surface area contributed by atoms with Crippen molar-refractivity contribution in [3.8, 4) is 17.4 Å². The van der Waals surface area contributed by atoms with Crippen LogP contribution in [0.5, 0.6) is 17.4 Å². The highest BCUT2D eigenvalue weighted by atomic mass is 16.5. The topological polar surface area (TPSA) is 63.6 Å². The minimum Gasteiger partial charge on any atom is -0.504 e. The molecule has 5 nitrogen and oxygen atoms in total. The SMILES string of the molecule is COc1ccc(NCc2ccc(OC)c(O)c2)cn1. The number of hydrogen-bond acceptors (Lipinski definition) is 5. The molecule has 2 rings (SSSR count). The van der Waals surface area contributed by atoms with Gasteiger partial charge in [-0.1, -0.05) is 6.07 Å². The van der Waals surface area contributed by atoms with Gasteiger partial charge in [0.2, 0.25) is 5.88 Å². The molecule has 0 bridgehead atoms. The van der Waals surface area contributed by atoms with Crippen LogP contribution in [0.1, 0.15) is 5.56 Å². The van der Waals surface area contributed by atoms with Gasteiger partial charge in [0.15, 0.2) is 11.5 Å². The van der Waals surface area contributed by atoms with Gasteiger partial charge in [-0.05, 0) is 23.8 Å². The smallest absolute Gasteiger partial charge is 0.213 e. The number of aromatic hydroxyl groups is 1. The van der Waals surface area contributed by atoms with Crippen LogP contribution in [0.4, 0.5) is 5.69 Å². The number of aromatic nitrogens is 1. The van der Waals surface area contributed by atoms with E-state index in [1.165, 1.54) is 7.11 Å². The second-order valence-electron chi connectivity index (χ2n) is 3.95. The molecule has 0 saturated carbocycles. The zero-order chi connectivity index (χ0) is 13.7. The minimum atomic E-state index is 0.134. The van der Waals surface area contributed by atoms with Gasteiger partial charge >= 0.3 is 0 Å². The van der Waals surface area contributed by atoms with Gasteiger partial charge in [-0.3, -0.25) is 0 Å². The van der Waals surface area contributed by atoms with E-state index in [-0.39, 0.29) is 5.75 Å². The highest BCUT2D eigenvalue weighted by molar-refractivity contribution is 5.45. The number of rotatable bonds is 5. The Morgan fingerprint density at radius 3 is 2.58 bits per heavy atom. The summed E-state index contributed by atoms with van der Waals surface area (Å²) in [5.41, 5.74) is 1.84.